The van der Waals surface area contributed by atoms with Crippen molar-refractivity contribution in [1.29, 1.82) is 0 Å². The molecule has 0 aliphatic carbocycles. The Morgan fingerprint density at radius 1 is 1.25 bits per heavy atom. The van der Waals surface area contributed by atoms with E-state index < -0.39 is 0 Å². The fraction of sp³-hybridized carbons (Fsp3) is 0.385. The minimum Gasteiger partial charge on any atom is -0.327 e. The van der Waals surface area contributed by atoms with Crippen molar-refractivity contribution in [3.63, 3.8) is 0 Å². The van der Waals surface area contributed by atoms with Gasteiger partial charge in [0.2, 0.25) is 0 Å². The second-order valence-corrected chi connectivity index (χ2v) is 4.10. The zero-order valence-electron chi connectivity index (χ0n) is 9.56. The number of para-hydroxylation sites is 2. The van der Waals surface area contributed by atoms with E-state index in [1.54, 1.807) is 0 Å². The molecule has 0 fully saturated rings. The Hall–Kier alpha value is -1.48. The van der Waals surface area contributed by atoms with Gasteiger partial charge in [-0.2, -0.15) is 0 Å². The van der Waals surface area contributed by atoms with E-state index in [0.29, 0.717) is 0 Å². The Kier molecular flexibility index (Phi) is 3.47. The van der Waals surface area contributed by atoms with Gasteiger partial charge in [-0.1, -0.05) is 25.5 Å². The number of aromatic nitrogens is 2. The third-order valence-corrected chi connectivity index (χ3v) is 2.63. The summed E-state index contributed by atoms with van der Waals surface area (Å²) in [5, 5.41) is 0. The first-order chi connectivity index (χ1) is 7.79. The lowest BCUT2D eigenvalue weighted by molar-refractivity contribution is 0.593. The molecule has 0 spiro atoms. The van der Waals surface area contributed by atoms with E-state index in [9.17, 15) is 0 Å². The molecule has 2 aromatic rings. The van der Waals surface area contributed by atoms with Gasteiger partial charge in [-0.25, -0.2) is 4.98 Å². The van der Waals surface area contributed by atoms with Gasteiger partial charge in [-0.05, 0) is 18.6 Å². The number of nitrogens with two attached hydrogens (primary N) is 1. The molecular weight excluding hydrogens is 198 g/mol. The molecule has 0 aliphatic rings. The lowest BCUT2D eigenvalue weighted by Gasteiger charge is -2.09. The molecule has 84 valence electrons. The molecule has 1 aromatic heterocycles. The van der Waals surface area contributed by atoms with Gasteiger partial charge < -0.3 is 5.73 Å². The first-order valence-electron chi connectivity index (χ1n) is 5.76. The van der Waals surface area contributed by atoms with E-state index >= 15 is 0 Å². The number of fused-ring (bicyclic) bond motifs is 1. The zero-order valence-corrected chi connectivity index (χ0v) is 9.56. The molecule has 1 heterocycles. The molecule has 2 N–H and O–H groups in total. The van der Waals surface area contributed by atoms with E-state index in [-0.39, 0.29) is 6.04 Å². The summed E-state index contributed by atoms with van der Waals surface area (Å²) in [5.41, 5.74) is 8.87. The molecule has 0 radical (unpaired) electrons. The first kappa shape index (κ1) is 11.0. The molecule has 0 saturated heterocycles. The molecule has 0 bridgehead atoms. The number of hydrogen-bond acceptors (Lipinski definition) is 3. The topological polar surface area (TPSA) is 51.8 Å². The SMILES string of the molecule is CCCC(N)Cc1cnc2ccccc2n1. The lowest BCUT2D eigenvalue weighted by atomic mass is 10.1. The molecule has 3 heteroatoms. The van der Waals surface area contributed by atoms with Crippen LogP contribution in [0.25, 0.3) is 11.0 Å². The van der Waals surface area contributed by atoms with Gasteiger partial charge in [0, 0.05) is 18.7 Å². The van der Waals surface area contributed by atoms with Crippen LogP contribution >= 0.6 is 0 Å². The zero-order chi connectivity index (χ0) is 11.4. The summed E-state index contributed by atoms with van der Waals surface area (Å²) in [5.74, 6) is 0. The smallest absolute Gasteiger partial charge is 0.0890 e. The van der Waals surface area contributed by atoms with Crippen LogP contribution in [0.2, 0.25) is 0 Å². The summed E-state index contributed by atoms with van der Waals surface area (Å²) >= 11 is 0. The van der Waals surface area contributed by atoms with E-state index in [1.807, 2.05) is 30.5 Å². The molecule has 2 rings (SSSR count). The third-order valence-electron chi connectivity index (χ3n) is 2.63. The highest BCUT2D eigenvalue weighted by Gasteiger charge is 2.05. The Morgan fingerprint density at radius 2 is 2.00 bits per heavy atom. The van der Waals surface area contributed by atoms with Crippen molar-refractivity contribution < 1.29 is 0 Å². The summed E-state index contributed by atoms with van der Waals surface area (Å²) in [6.45, 7) is 2.14. The maximum absolute atomic E-state index is 5.99. The first-order valence-corrected chi connectivity index (χ1v) is 5.76. The molecule has 0 saturated carbocycles. The molecule has 0 aliphatic heterocycles. The largest absolute Gasteiger partial charge is 0.327 e. The van der Waals surface area contributed by atoms with Crippen molar-refractivity contribution in [3.8, 4) is 0 Å². The molecule has 3 nitrogen and oxygen atoms in total. The predicted octanol–water partition coefficient (Wildman–Crippen LogP) is 2.30. The van der Waals surface area contributed by atoms with Crippen LogP contribution in [0.4, 0.5) is 0 Å². The average Bonchev–Trinajstić information content (AvgIpc) is 2.29. The Morgan fingerprint density at radius 3 is 2.75 bits per heavy atom. The monoisotopic (exact) mass is 215 g/mol. The number of hydrogen-bond donors (Lipinski definition) is 1. The van der Waals surface area contributed by atoms with Crippen LogP contribution < -0.4 is 5.73 Å². The summed E-state index contributed by atoms with van der Waals surface area (Å²) < 4.78 is 0. The fourth-order valence-corrected chi connectivity index (χ4v) is 1.84. The van der Waals surface area contributed by atoms with E-state index in [1.165, 1.54) is 0 Å². The van der Waals surface area contributed by atoms with E-state index in [0.717, 1.165) is 36.0 Å². The summed E-state index contributed by atoms with van der Waals surface area (Å²) in [4.78, 5) is 8.93. The molecule has 1 aromatic carbocycles. The second kappa shape index (κ2) is 5.03. The lowest BCUT2D eigenvalue weighted by Crippen LogP contribution is -2.22. The number of benzene rings is 1. The predicted molar refractivity (Wildman–Crippen MR) is 66.1 cm³/mol. The molecule has 1 atom stereocenters. The Labute approximate surface area is 95.7 Å². The number of rotatable bonds is 4. The highest BCUT2D eigenvalue weighted by atomic mass is 14.8. The Balaban J connectivity index is 2.19. The van der Waals surface area contributed by atoms with Crippen LogP contribution in [0.1, 0.15) is 25.5 Å². The fourth-order valence-electron chi connectivity index (χ4n) is 1.84. The van der Waals surface area contributed by atoms with Crippen LogP contribution in [0.15, 0.2) is 30.5 Å². The highest BCUT2D eigenvalue weighted by Crippen LogP contribution is 2.10. The van der Waals surface area contributed by atoms with Crippen molar-refractivity contribution in [2.45, 2.75) is 32.2 Å². The maximum Gasteiger partial charge on any atom is 0.0890 e. The van der Waals surface area contributed by atoms with E-state index in [2.05, 4.69) is 16.9 Å². The normalized spacial score (nSPS) is 12.9. The summed E-state index contributed by atoms with van der Waals surface area (Å²) in [7, 11) is 0. The van der Waals surface area contributed by atoms with Gasteiger partial charge >= 0.3 is 0 Å². The average molecular weight is 215 g/mol. The van der Waals surface area contributed by atoms with Crippen molar-refractivity contribution in [2.24, 2.45) is 5.73 Å². The van der Waals surface area contributed by atoms with Gasteiger partial charge in [0.05, 0.1) is 16.7 Å². The quantitative estimate of drug-likeness (QED) is 0.851. The molecular formula is C13H17N3. The van der Waals surface area contributed by atoms with Gasteiger partial charge in [0.15, 0.2) is 0 Å². The number of nitrogens with zero attached hydrogens (tertiary/aromatic N) is 2. The van der Waals surface area contributed by atoms with Gasteiger partial charge in [0.25, 0.3) is 0 Å². The molecule has 1 unspecified atom stereocenters. The Bertz CT molecular complexity index is 467. The van der Waals surface area contributed by atoms with Crippen molar-refractivity contribution in [2.75, 3.05) is 0 Å². The summed E-state index contributed by atoms with van der Waals surface area (Å²) in [6.07, 6.45) is 4.79. The highest BCUT2D eigenvalue weighted by molar-refractivity contribution is 5.73. The standard InChI is InChI=1S/C13H17N3/c1-2-5-10(14)8-11-9-15-12-6-3-4-7-13(12)16-11/h3-4,6-7,9-10H,2,5,8,14H2,1H3. The van der Waals surface area contributed by atoms with Crippen LogP contribution in [-0.4, -0.2) is 16.0 Å². The van der Waals surface area contributed by atoms with Gasteiger partial charge in [-0.3, -0.25) is 4.98 Å². The minimum absolute atomic E-state index is 0.195. The van der Waals surface area contributed by atoms with Crippen molar-refractivity contribution in [1.82, 2.24) is 9.97 Å². The van der Waals surface area contributed by atoms with Gasteiger partial charge in [-0.15, -0.1) is 0 Å². The van der Waals surface area contributed by atoms with Crippen LogP contribution in [0.5, 0.6) is 0 Å². The second-order valence-electron chi connectivity index (χ2n) is 4.10. The van der Waals surface area contributed by atoms with Crippen molar-refractivity contribution in [3.05, 3.63) is 36.2 Å². The maximum atomic E-state index is 5.99. The van der Waals surface area contributed by atoms with E-state index in [4.69, 9.17) is 5.73 Å². The van der Waals surface area contributed by atoms with Gasteiger partial charge in [0.1, 0.15) is 0 Å². The van der Waals surface area contributed by atoms with Crippen molar-refractivity contribution >= 4 is 11.0 Å². The van der Waals surface area contributed by atoms with Crippen LogP contribution in [0.3, 0.4) is 0 Å². The van der Waals surface area contributed by atoms with Crippen LogP contribution in [0, 0.1) is 0 Å². The summed E-state index contributed by atoms with van der Waals surface area (Å²) in [6, 6.07) is 8.10. The minimum atomic E-state index is 0.195. The third kappa shape index (κ3) is 2.55. The molecule has 0 amide bonds. The molecule has 16 heavy (non-hydrogen) atoms. The van der Waals surface area contributed by atoms with Crippen LogP contribution in [-0.2, 0) is 6.42 Å².